The van der Waals surface area contributed by atoms with Crippen LogP contribution in [0.4, 0.5) is 5.69 Å². The van der Waals surface area contributed by atoms with Gasteiger partial charge in [0.2, 0.25) is 5.91 Å². The van der Waals surface area contributed by atoms with Crippen molar-refractivity contribution in [3.05, 3.63) is 29.3 Å². The van der Waals surface area contributed by atoms with E-state index in [-0.39, 0.29) is 17.9 Å². The molecule has 1 unspecified atom stereocenters. The summed E-state index contributed by atoms with van der Waals surface area (Å²) in [5.74, 6) is -2.50. The first kappa shape index (κ1) is 13.9. The maximum Gasteiger partial charge on any atom is 0.335 e. The molecule has 0 saturated heterocycles. The number of fused-ring (bicyclic) bond motifs is 1. The van der Waals surface area contributed by atoms with Gasteiger partial charge in [0.25, 0.3) is 0 Å². The molecule has 1 amide bonds. The Hall–Kier alpha value is -2.57. The third-order valence-electron chi connectivity index (χ3n) is 3.15. The van der Waals surface area contributed by atoms with Crippen LogP contribution in [0.1, 0.15) is 22.3 Å². The molecule has 20 heavy (non-hydrogen) atoms. The van der Waals surface area contributed by atoms with Crippen molar-refractivity contribution in [1.29, 1.82) is 0 Å². The van der Waals surface area contributed by atoms with Gasteiger partial charge in [-0.1, -0.05) is 6.07 Å². The number of nitrogens with one attached hydrogen (secondary N) is 1. The van der Waals surface area contributed by atoms with Crippen molar-refractivity contribution in [3.8, 4) is 0 Å². The smallest absolute Gasteiger partial charge is 0.335 e. The van der Waals surface area contributed by atoms with Gasteiger partial charge in [0.1, 0.15) is 6.04 Å². The van der Waals surface area contributed by atoms with E-state index in [1.807, 2.05) is 0 Å². The molecule has 1 atom stereocenters. The molecule has 7 heteroatoms. The number of carboxylic acids is 2. The second-order valence-electron chi connectivity index (χ2n) is 4.67. The summed E-state index contributed by atoms with van der Waals surface area (Å²) < 4.78 is 0. The molecule has 2 rings (SSSR count). The largest absolute Gasteiger partial charge is 0.481 e. The first-order valence-electron chi connectivity index (χ1n) is 5.98. The predicted molar refractivity (Wildman–Crippen MR) is 69.5 cm³/mol. The molecule has 3 N–H and O–H groups in total. The van der Waals surface area contributed by atoms with Crippen molar-refractivity contribution in [2.45, 2.75) is 19.0 Å². The molecule has 106 valence electrons. The Morgan fingerprint density at radius 1 is 1.40 bits per heavy atom. The number of anilines is 1. The van der Waals surface area contributed by atoms with Gasteiger partial charge in [0, 0.05) is 19.3 Å². The lowest BCUT2D eigenvalue weighted by atomic mass is 10.1. The average molecular weight is 278 g/mol. The lowest BCUT2D eigenvalue weighted by Crippen LogP contribution is -2.39. The van der Waals surface area contributed by atoms with Crippen molar-refractivity contribution < 1.29 is 24.6 Å². The molecule has 0 spiro atoms. The summed E-state index contributed by atoms with van der Waals surface area (Å²) in [6.45, 7) is 0.303. The van der Waals surface area contributed by atoms with Gasteiger partial charge in [-0.2, -0.15) is 0 Å². The van der Waals surface area contributed by atoms with Gasteiger partial charge in [-0.3, -0.25) is 9.59 Å². The van der Waals surface area contributed by atoms with E-state index in [0.717, 1.165) is 5.56 Å². The summed E-state index contributed by atoms with van der Waals surface area (Å²) in [5.41, 5.74) is 1.31. The van der Waals surface area contributed by atoms with Gasteiger partial charge in [-0.15, -0.1) is 0 Å². The van der Waals surface area contributed by atoms with Gasteiger partial charge in [-0.05, 0) is 17.7 Å². The molecule has 1 heterocycles. The number of carbonyl (C=O) groups excluding carboxylic acids is 1. The highest BCUT2D eigenvalue weighted by molar-refractivity contribution is 5.92. The molecule has 1 aromatic rings. The minimum absolute atomic E-state index is 0.0855. The SMILES string of the molecule is CN1Cc2ccc(C(=O)O)cc2NC(CC(=O)O)C1=O. The van der Waals surface area contributed by atoms with Crippen LogP contribution in [0.3, 0.4) is 0 Å². The lowest BCUT2D eigenvalue weighted by Gasteiger charge is -2.19. The fourth-order valence-corrected chi connectivity index (χ4v) is 2.14. The summed E-state index contributed by atoms with van der Waals surface area (Å²) in [4.78, 5) is 35.3. The van der Waals surface area contributed by atoms with Crippen LogP contribution in [0.5, 0.6) is 0 Å². The second kappa shape index (κ2) is 5.20. The first-order chi connectivity index (χ1) is 9.38. The third-order valence-corrected chi connectivity index (χ3v) is 3.15. The average Bonchev–Trinajstić information content (AvgIpc) is 2.47. The van der Waals surface area contributed by atoms with Crippen molar-refractivity contribution in [2.75, 3.05) is 12.4 Å². The predicted octanol–water partition coefficient (Wildman–Crippen LogP) is 0.612. The van der Waals surface area contributed by atoms with E-state index in [9.17, 15) is 14.4 Å². The van der Waals surface area contributed by atoms with Crippen LogP contribution in [-0.4, -0.2) is 46.0 Å². The number of aliphatic carboxylic acids is 1. The van der Waals surface area contributed by atoms with Gasteiger partial charge < -0.3 is 20.4 Å². The van der Waals surface area contributed by atoms with Crippen molar-refractivity contribution in [2.24, 2.45) is 0 Å². The number of carboxylic acid groups (broad SMARTS) is 2. The summed E-state index contributed by atoms with van der Waals surface area (Å²) in [6.07, 6.45) is -0.361. The molecule has 0 radical (unpaired) electrons. The number of hydrogen-bond acceptors (Lipinski definition) is 4. The zero-order valence-corrected chi connectivity index (χ0v) is 10.8. The quantitative estimate of drug-likeness (QED) is 0.748. The molecule has 0 aliphatic carbocycles. The van der Waals surface area contributed by atoms with E-state index in [0.29, 0.717) is 12.2 Å². The molecular weight excluding hydrogens is 264 g/mol. The van der Waals surface area contributed by atoms with Gasteiger partial charge >= 0.3 is 11.9 Å². The Kier molecular flexibility index (Phi) is 3.60. The molecule has 0 saturated carbocycles. The second-order valence-corrected chi connectivity index (χ2v) is 4.67. The molecular formula is C13H14N2O5. The Bertz CT molecular complexity index is 584. The summed E-state index contributed by atoms with van der Waals surface area (Å²) >= 11 is 0. The zero-order valence-electron chi connectivity index (χ0n) is 10.8. The van der Waals surface area contributed by atoms with Crippen molar-refractivity contribution in [3.63, 3.8) is 0 Å². The van der Waals surface area contributed by atoms with Gasteiger partial charge in [0.05, 0.1) is 12.0 Å². The minimum atomic E-state index is -1.10. The number of amides is 1. The van der Waals surface area contributed by atoms with Crippen molar-refractivity contribution in [1.82, 2.24) is 4.90 Å². The Labute approximate surface area is 114 Å². The number of likely N-dealkylation sites (N-methyl/N-ethyl adjacent to an activating group) is 1. The molecule has 0 fully saturated rings. The summed E-state index contributed by atoms with van der Waals surface area (Å²) in [5, 5.41) is 20.7. The normalized spacial score (nSPS) is 17.9. The van der Waals surface area contributed by atoms with Crippen LogP contribution in [-0.2, 0) is 16.1 Å². The Balaban J connectivity index is 2.39. The fourth-order valence-electron chi connectivity index (χ4n) is 2.14. The summed E-state index contributed by atoms with van der Waals surface area (Å²) in [7, 11) is 1.58. The molecule has 0 bridgehead atoms. The molecule has 0 aromatic heterocycles. The van der Waals surface area contributed by atoms with E-state index in [2.05, 4.69) is 5.32 Å². The molecule has 7 nitrogen and oxygen atoms in total. The third kappa shape index (κ3) is 2.71. The standard InChI is InChI=1S/C13H14N2O5/c1-15-6-8-3-2-7(13(19)20)4-9(8)14-10(12(15)18)5-11(16)17/h2-4,10,14H,5-6H2,1H3,(H,16,17)(H,19,20). The van der Waals surface area contributed by atoms with Crippen LogP contribution in [0, 0.1) is 0 Å². The number of hydrogen-bond donors (Lipinski definition) is 3. The van der Waals surface area contributed by atoms with Gasteiger partial charge in [-0.25, -0.2) is 4.79 Å². The van der Waals surface area contributed by atoms with E-state index in [4.69, 9.17) is 10.2 Å². The van der Waals surface area contributed by atoms with Crippen LogP contribution in [0.2, 0.25) is 0 Å². The minimum Gasteiger partial charge on any atom is -0.481 e. The number of rotatable bonds is 3. The topological polar surface area (TPSA) is 107 Å². The van der Waals surface area contributed by atoms with E-state index in [1.54, 1.807) is 13.1 Å². The first-order valence-corrected chi connectivity index (χ1v) is 5.98. The molecule has 1 aliphatic heterocycles. The zero-order chi connectivity index (χ0) is 14.9. The number of carbonyl (C=O) groups is 3. The van der Waals surface area contributed by atoms with Crippen LogP contribution < -0.4 is 5.32 Å². The van der Waals surface area contributed by atoms with Gasteiger partial charge in [0.15, 0.2) is 0 Å². The summed E-state index contributed by atoms with van der Waals surface area (Å²) in [6, 6.07) is 3.60. The fraction of sp³-hybridized carbons (Fsp3) is 0.308. The lowest BCUT2D eigenvalue weighted by molar-refractivity contribution is -0.141. The monoisotopic (exact) mass is 278 g/mol. The van der Waals surface area contributed by atoms with Crippen LogP contribution >= 0.6 is 0 Å². The number of aromatic carboxylic acids is 1. The number of nitrogens with zero attached hydrogens (tertiary/aromatic N) is 1. The highest BCUT2D eigenvalue weighted by atomic mass is 16.4. The maximum atomic E-state index is 12.1. The van der Waals surface area contributed by atoms with E-state index >= 15 is 0 Å². The Morgan fingerprint density at radius 2 is 2.10 bits per heavy atom. The molecule has 1 aromatic carbocycles. The molecule has 1 aliphatic rings. The van der Waals surface area contributed by atoms with E-state index in [1.165, 1.54) is 17.0 Å². The van der Waals surface area contributed by atoms with Crippen LogP contribution in [0.25, 0.3) is 0 Å². The van der Waals surface area contributed by atoms with Crippen molar-refractivity contribution >= 4 is 23.5 Å². The Morgan fingerprint density at radius 3 is 2.70 bits per heavy atom. The highest BCUT2D eigenvalue weighted by Gasteiger charge is 2.29. The van der Waals surface area contributed by atoms with Crippen LogP contribution in [0.15, 0.2) is 18.2 Å². The number of benzene rings is 1. The van der Waals surface area contributed by atoms with E-state index < -0.39 is 18.0 Å². The maximum absolute atomic E-state index is 12.1. The highest BCUT2D eigenvalue weighted by Crippen LogP contribution is 2.24.